The van der Waals surface area contributed by atoms with Gasteiger partial charge in [0.05, 0.1) is 26.4 Å². The lowest BCUT2D eigenvalue weighted by Crippen LogP contribution is -2.30. The van der Waals surface area contributed by atoms with Crippen LogP contribution in [0.4, 0.5) is 0 Å². The Bertz CT molecular complexity index is 2060. The lowest BCUT2D eigenvalue weighted by atomic mass is 10.0. The first kappa shape index (κ1) is 102. The molecule has 0 aromatic heterocycles. The van der Waals surface area contributed by atoms with Crippen molar-refractivity contribution < 1.29 is 80.2 Å². The van der Waals surface area contributed by atoms with Gasteiger partial charge in [-0.05, 0) is 51.4 Å². The first-order valence-electron chi connectivity index (χ1n) is 43.6. The number of unbranched alkanes of at least 4 members (excludes halogenated alkanes) is 55. The molecule has 0 radical (unpaired) electrons. The van der Waals surface area contributed by atoms with E-state index in [1.54, 1.807) is 0 Å². The molecule has 0 saturated heterocycles. The van der Waals surface area contributed by atoms with Crippen LogP contribution in [0.25, 0.3) is 0 Å². The van der Waals surface area contributed by atoms with E-state index in [9.17, 15) is 43.2 Å². The average Bonchev–Trinajstić information content (AvgIpc) is 0.942. The summed E-state index contributed by atoms with van der Waals surface area (Å²) in [6.45, 7) is 4.98. The molecule has 104 heavy (non-hydrogen) atoms. The van der Waals surface area contributed by atoms with Crippen LogP contribution in [-0.4, -0.2) is 96.7 Å². The maximum Gasteiger partial charge on any atom is 0.472 e. The molecule has 5 atom stereocenters. The molecular weight excluding hydrogens is 1350 g/mol. The van der Waals surface area contributed by atoms with Crippen LogP contribution in [0.3, 0.4) is 0 Å². The summed E-state index contributed by atoms with van der Waals surface area (Å²) in [6, 6.07) is 0. The number of phosphoric ester groups is 2. The Kier molecular flexibility index (Phi) is 76.8. The van der Waals surface area contributed by atoms with Crippen molar-refractivity contribution in [3.8, 4) is 0 Å². The van der Waals surface area contributed by atoms with Crippen molar-refractivity contribution in [1.82, 2.24) is 0 Å². The number of rotatable bonds is 84. The standard InChI is InChI=1S/C85H162O17P2/c1-5-9-13-17-21-25-29-33-36-37-38-39-40-41-42-45-48-52-56-60-64-68-72-85(90)102-81(76-96-83(88)70-66-62-58-54-50-46-43-34-30-26-22-18-14-10-6-2)78-100-104(93,94)98-74-79(86)73-97-103(91,92)99-77-80(75-95-82(87)69-65-61-57-53-49-32-28-24-20-16-12-8-4)101-84(89)71-67-63-59-55-51-47-44-35-31-27-23-19-15-11-7-3/h26,30,34,43,79-81,86H,5-25,27-29,31-33,35-42,44-78H2,1-4H3,(H,91,92)(H,93,94)/b30-26-,43-34-/t79-,80+,81+/m0/s1. The third-order valence-corrected chi connectivity index (χ3v) is 21.4. The summed E-state index contributed by atoms with van der Waals surface area (Å²) < 4.78 is 68.8. The number of carbonyl (C=O) groups is 4. The zero-order valence-electron chi connectivity index (χ0n) is 67.5. The van der Waals surface area contributed by atoms with Gasteiger partial charge in [-0.15, -0.1) is 0 Å². The highest BCUT2D eigenvalue weighted by molar-refractivity contribution is 7.47. The number of ether oxygens (including phenoxy) is 4. The molecule has 0 aliphatic heterocycles. The van der Waals surface area contributed by atoms with Crippen LogP contribution in [-0.2, 0) is 65.4 Å². The van der Waals surface area contributed by atoms with Gasteiger partial charge >= 0.3 is 39.5 Å². The molecule has 614 valence electrons. The van der Waals surface area contributed by atoms with Gasteiger partial charge in [0.2, 0.25) is 0 Å². The lowest BCUT2D eigenvalue weighted by Gasteiger charge is -2.21. The number of aliphatic hydroxyl groups excluding tert-OH is 1. The van der Waals surface area contributed by atoms with Crippen LogP contribution in [0.15, 0.2) is 24.3 Å². The van der Waals surface area contributed by atoms with Crippen molar-refractivity contribution >= 4 is 39.5 Å². The normalized spacial score (nSPS) is 13.9. The highest BCUT2D eigenvalue weighted by Crippen LogP contribution is 2.45. The predicted molar refractivity (Wildman–Crippen MR) is 428 cm³/mol. The van der Waals surface area contributed by atoms with Crippen molar-refractivity contribution in [2.75, 3.05) is 39.6 Å². The highest BCUT2D eigenvalue weighted by Gasteiger charge is 2.30. The Hall–Kier alpha value is -2.46. The van der Waals surface area contributed by atoms with Gasteiger partial charge in [0.1, 0.15) is 19.3 Å². The van der Waals surface area contributed by atoms with Gasteiger partial charge in [-0.2, -0.15) is 0 Å². The van der Waals surface area contributed by atoms with Crippen molar-refractivity contribution in [3.63, 3.8) is 0 Å². The zero-order valence-corrected chi connectivity index (χ0v) is 69.3. The lowest BCUT2D eigenvalue weighted by molar-refractivity contribution is -0.161. The number of hydrogen-bond donors (Lipinski definition) is 3. The van der Waals surface area contributed by atoms with Crippen molar-refractivity contribution in [3.05, 3.63) is 24.3 Å². The summed E-state index contributed by atoms with van der Waals surface area (Å²) >= 11 is 0. The Morgan fingerprint density at radius 2 is 0.462 bits per heavy atom. The molecule has 0 amide bonds. The molecule has 0 saturated carbocycles. The van der Waals surface area contributed by atoms with E-state index in [1.165, 1.54) is 250 Å². The zero-order chi connectivity index (χ0) is 76.0. The molecule has 0 fully saturated rings. The van der Waals surface area contributed by atoms with E-state index in [-0.39, 0.29) is 25.7 Å². The highest BCUT2D eigenvalue weighted by atomic mass is 31.2. The SMILES string of the molecule is CCCCCC/C=C\C=C/CCCCCCCC(=O)OC[C@H](COP(=O)(O)OC[C@@H](O)COP(=O)(O)OC[C@@H](COC(=O)CCCCCCCCCCCCCC)OC(=O)CCCCCCCCCCCCCCCCC)OC(=O)CCCCCCCCCCCCCCCCCCCCCCCC. The molecule has 0 spiro atoms. The number of allylic oxidation sites excluding steroid dienone is 4. The monoisotopic (exact) mass is 1520 g/mol. The summed E-state index contributed by atoms with van der Waals surface area (Å²) in [4.78, 5) is 73.2. The minimum absolute atomic E-state index is 0.103. The van der Waals surface area contributed by atoms with Crippen molar-refractivity contribution in [1.29, 1.82) is 0 Å². The third-order valence-electron chi connectivity index (χ3n) is 19.5. The second-order valence-electron chi connectivity index (χ2n) is 29.9. The number of aliphatic hydroxyl groups is 1. The van der Waals surface area contributed by atoms with E-state index in [4.69, 9.17) is 37.0 Å². The van der Waals surface area contributed by atoms with E-state index in [1.807, 2.05) is 0 Å². The van der Waals surface area contributed by atoms with Crippen LogP contribution >= 0.6 is 15.6 Å². The number of carbonyl (C=O) groups excluding carboxylic acids is 4. The second kappa shape index (κ2) is 78.7. The van der Waals surface area contributed by atoms with Gasteiger partial charge in [-0.25, -0.2) is 9.13 Å². The number of phosphoric acid groups is 2. The first-order chi connectivity index (χ1) is 50.7. The maximum absolute atomic E-state index is 13.1. The van der Waals surface area contributed by atoms with E-state index in [2.05, 4.69) is 52.0 Å². The van der Waals surface area contributed by atoms with Crippen molar-refractivity contribution in [2.45, 2.75) is 457 Å². The fraction of sp³-hybridized carbons (Fsp3) is 0.906. The largest absolute Gasteiger partial charge is 0.472 e. The van der Waals surface area contributed by atoms with Crippen LogP contribution in [0, 0.1) is 0 Å². The quantitative estimate of drug-likeness (QED) is 0.0169. The topological polar surface area (TPSA) is 237 Å². The Morgan fingerprint density at radius 1 is 0.269 bits per heavy atom. The number of hydrogen-bond acceptors (Lipinski definition) is 15. The molecule has 19 heteroatoms. The van der Waals surface area contributed by atoms with Gasteiger partial charge < -0.3 is 33.8 Å². The molecule has 0 aliphatic rings. The fourth-order valence-corrected chi connectivity index (χ4v) is 14.4. The van der Waals surface area contributed by atoms with Gasteiger partial charge in [0, 0.05) is 25.7 Å². The minimum atomic E-state index is -4.97. The van der Waals surface area contributed by atoms with E-state index in [0.29, 0.717) is 25.7 Å². The predicted octanol–water partition coefficient (Wildman–Crippen LogP) is 25.7. The Balaban J connectivity index is 5.26. The fourth-order valence-electron chi connectivity index (χ4n) is 12.8. The Morgan fingerprint density at radius 3 is 0.702 bits per heavy atom. The molecule has 0 rings (SSSR count). The van der Waals surface area contributed by atoms with Gasteiger partial charge in [0.25, 0.3) is 0 Å². The molecule has 0 aromatic rings. The smallest absolute Gasteiger partial charge is 0.462 e. The van der Waals surface area contributed by atoms with Crippen LogP contribution in [0.5, 0.6) is 0 Å². The third kappa shape index (κ3) is 77.7. The van der Waals surface area contributed by atoms with Gasteiger partial charge in [-0.1, -0.05) is 386 Å². The van der Waals surface area contributed by atoms with Crippen LogP contribution in [0.1, 0.15) is 439 Å². The van der Waals surface area contributed by atoms with Crippen LogP contribution in [0.2, 0.25) is 0 Å². The minimum Gasteiger partial charge on any atom is -0.462 e. The second-order valence-corrected chi connectivity index (χ2v) is 32.8. The van der Waals surface area contributed by atoms with E-state index in [0.717, 1.165) is 109 Å². The summed E-state index contributed by atoms with van der Waals surface area (Å²) in [5.74, 6) is -2.13. The summed E-state index contributed by atoms with van der Waals surface area (Å²) in [6.07, 6.45) is 75.7. The van der Waals surface area contributed by atoms with Crippen LogP contribution < -0.4 is 0 Å². The molecule has 0 bridgehead atoms. The molecule has 0 heterocycles. The molecule has 2 unspecified atom stereocenters. The van der Waals surface area contributed by atoms with E-state index >= 15 is 0 Å². The molecule has 0 aromatic carbocycles. The molecular formula is C85H162O17P2. The first-order valence-corrected chi connectivity index (χ1v) is 46.6. The number of esters is 4. The summed E-state index contributed by atoms with van der Waals surface area (Å²) in [5.41, 5.74) is 0. The average molecular weight is 1520 g/mol. The summed E-state index contributed by atoms with van der Waals surface area (Å²) in [7, 11) is -9.93. The molecule has 3 N–H and O–H groups in total. The van der Waals surface area contributed by atoms with Gasteiger partial charge in [-0.3, -0.25) is 37.3 Å². The maximum atomic E-state index is 13.1. The van der Waals surface area contributed by atoms with E-state index < -0.39 is 97.5 Å². The summed E-state index contributed by atoms with van der Waals surface area (Å²) in [5, 5.41) is 10.7. The molecule has 17 nitrogen and oxygen atoms in total. The molecule has 0 aliphatic carbocycles. The van der Waals surface area contributed by atoms with Crippen molar-refractivity contribution in [2.24, 2.45) is 0 Å². The Labute approximate surface area is 637 Å². The van der Waals surface area contributed by atoms with Gasteiger partial charge in [0.15, 0.2) is 12.2 Å².